The fourth-order valence-electron chi connectivity index (χ4n) is 2.21. The van der Waals surface area contributed by atoms with Crippen molar-refractivity contribution in [2.75, 3.05) is 0 Å². The summed E-state index contributed by atoms with van der Waals surface area (Å²) in [4.78, 5) is 35.1. The molecule has 0 radical (unpaired) electrons. The largest absolute Gasteiger partial charge is 0.480 e. The van der Waals surface area contributed by atoms with E-state index >= 15 is 0 Å². The van der Waals surface area contributed by atoms with Gasteiger partial charge in [0.2, 0.25) is 0 Å². The van der Waals surface area contributed by atoms with E-state index in [1.807, 2.05) is 18.2 Å². The quantitative estimate of drug-likeness (QED) is 0.720. The van der Waals surface area contributed by atoms with E-state index in [4.69, 9.17) is 4.74 Å². The van der Waals surface area contributed by atoms with Crippen molar-refractivity contribution >= 4 is 17.8 Å². The van der Waals surface area contributed by atoms with Crippen LogP contribution in [0.4, 0.5) is 4.79 Å². The van der Waals surface area contributed by atoms with Gasteiger partial charge in [-0.15, -0.1) is 0 Å². The molecule has 6 heteroatoms. The van der Waals surface area contributed by atoms with E-state index in [1.54, 1.807) is 42.5 Å². The van der Waals surface area contributed by atoms with Gasteiger partial charge in [0.15, 0.2) is 5.78 Å². The van der Waals surface area contributed by atoms with Gasteiger partial charge >= 0.3 is 12.1 Å². The van der Waals surface area contributed by atoms with Gasteiger partial charge in [-0.1, -0.05) is 60.7 Å². The van der Waals surface area contributed by atoms with Crippen LogP contribution in [-0.2, 0) is 16.1 Å². The Bertz CT molecular complexity index is 715. The summed E-state index contributed by atoms with van der Waals surface area (Å²) in [6, 6.07) is 16.5. The average Bonchev–Trinajstić information content (AvgIpc) is 2.64. The van der Waals surface area contributed by atoms with Crippen molar-refractivity contribution in [1.82, 2.24) is 5.32 Å². The summed E-state index contributed by atoms with van der Waals surface area (Å²) in [5.41, 5.74) is 1.31. The molecule has 1 unspecified atom stereocenters. The van der Waals surface area contributed by atoms with Gasteiger partial charge in [0.25, 0.3) is 0 Å². The Hall–Kier alpha value is -3.15. The maximum atomic E-state index is 12.0. The van der Waals surface area contributed by atoms with Crippen molar-refractivity contribution in [3.05, 3.63) is 71.8 Å². The molecule has 0 aliphatic heterocycles. The zero-order valence-corrected chi connectivity index (χ0v) is 13.6. The minimum atomic E-state index is -1.21. The molecule has 1 atom stereocenters. The van der Waals surface area contributed by atoms with Gasteiger partial charge in [0, 0.05) is 12.0 Å². The van der Waals surface area contributed by atoms with Crippen LogP contribution in [0.1, 0.15) is 28.8 Å². The number of Topliss-reactive ketones (excluding diaryl/α,β-unsaturated/α-hetero) is 1. The maximum Gasteiger partial charge on any atom is 0.408 e. The third-order valence-electron chi connectivity index (χ3n) is 3.56. The van der Waals surface area contributed by atoms with Gasteiger partial charge in [0.1, 0.15) is 12.6 Å². The standard InChI is InChI=1S/C19H19NO5/c21-17(15-9-5-2-6-10-15)12-11-16(18(22)23)20-19(24)25-13-14-7-3-1-4-8-14/h1-10,16H,11-13H2,(H,20,24)(H,22,23). The highest BCUT2D eigenvalue weighted by atomic mass is 16.5. The number of nitrogens with one attached hydrogen (secondary N) is 1. The van der Waals surface area contributed by atoms with E-state index in [9.17, 15) is 19.5 Å². The molecule has 2 rings (SSSR count). The van der Waals surface area contributed by atoms with Crippen molar-refractivity contribution in [2.45, 2.75) is 25.5 Å². The van der Waals surface area contributed by atoms with E-state index in [2.05, 4.69) is 5.32 Å². The number of carbonyl (C=O) groups is 3. The smallest absolute Gasteiger partial charge is 0.408 e. The van der Waals surface area contributed by atoms with Crippen LogP contribution in [0, 0.1) is 0 Å². The highest BCUT2D eigenvalue weighted by molar-refractivity contribution is 5.96. The summed E-state index contributed by atoms with van der Waals surface area (Å²) in [7, 11) is 0. The number of ketones is 1. The second-order valence-electron chi connectivity index (χ2n) is 5.42. The molecule has 0 spiro atoms. The maximum absolute atomic E-state index is 12.0. The lowest BCUT2D eigenvalue weighted by molar-refractivity contribution is -0.139. The van der Waals surface area contributed by atoms with Crippen LogP contribution in [0.2, 0.25) is 0 Å². The number of carboxylic acids is 1. The Morgan fingerprint density at radius 1 is 0.960 bits per heavy atom. The molecule has 6 nitrogen and oxygen atoms in total. The Morgan fingerprint density at radius 2 is 1.56 bits per heavy atom. The first-order valence-corrected chi connectivity index (χ1v) is 7.84. The van der Waals surface area contributed by atoms with Gasteiger partial charge < -0.3 is 15.2 Å². The molecule has 0 aromatic heterocycles. The molecule has 2 aromatic carbocycles. The Balaban J connectivity index is 1.82. The van der Waals surface area contributed by atoms with Gasteiger partial charge in [-0.05, 0) is 12.0 Å². The lowest BCUT2D eigenvalue weighted by Crippen LogP contribution is -2.41. The van der Waals surface area contributed by atoms with Crippen LogP contribution in [0.3, 0.4) is 0 Å². The molecular weight excluding hydrogens is 322 g/mol. The second kappa shape index (κ2) is 9.22. The third-order valence-corrected chi connectivity index (χ3v) is 3.56. The summed E-state index contributed by atoms with van der Waals surface area (Å²) in [6.45, 7) is 0.0436. The van der Waals surface area contributed by atoms with Crippen LogP contribution < -0.4 is 5.32 Å². The molecule has 0 heterocycles. The third kappa shape index (κ3) is 6.10. The van der Waals surface area contributed by atoms with E-state index in [0.29, 0.717) is 5.56 Å². The van der Waals surface area contributed by atoms with E-state index < -0.39 is 18.1 Å². The topological polar surface area (TPSA) is 92.7 Å². The van der Waals surface area contributed by atoms with Crippen LogP contribution in [0.25, 0.3) is 0 Å². The fraction of sp³-hybridized carbons (Fsp3) is 0.211. The summed E-state index contributed by atoms with van der Waals surface area (Å²) in [6.07, 6.45) is -0.827. The first kappa shape index (κ1) is 18.2. The number of rotatable bonds is 8. The zero-order chi connectivity index (χ0) is 18.1. The van der Waals surface area contributed by atoms with Crippen LogP contribution >= 0.6 is 0 Å². The highest BCUT2D eigenvalue weighted by Crippen LogP contribution is 2.08. The number of alkyl carbamates (subject to hydrolysis) is 1. The minimum absolute atomic E-state index is 0.0104. The highest BCUT2D eigenvalue weighted by Gasteiger charge is 2.22. The Morgan fingerprint density at radius 3 is 2.16 bits per heavy atom. The van der Waals surface area contributed by atoms with E-state index in [0.717, 1.165) is 5.56 Å². The molecule has 2 N–H and O–H groups in total. The van der Waals surface area contributed by atoms with Crippen molar-refractivity contribution < 1.29 is 24.2 Å². The Labute approximate surface area is 145 Å². The Kier molecular flexibility index (Phi) is 6.71. The predicted octanol–water partition coefficient (Wildman–Crippen LogP) is 3.03. The molecule has 0 aliphatic rings. The number of aliphatic carboxylic acids is 1. The van der Waals surface area contributed by atoms with Crippen LogP contribution in [0.15, 0.2) is 60.7 Å². The normalized spacial score (nSPS) is 11.4. The lowest BCUT2D eigenvalue weighted by Gasteiger charge is -2.14. The van der Waals surface area contributed by atoms with Crippen molar-refractivity contribution in [2.24, 2.45) is 0 Å². The summed E-state index contributed by atoms with van der Waals surface area (Å²) in [5, 5.41) is 11.5. The number of amides is 1. The molecular formula is C19H19NO5. The van der Waals surface area contributed by atoms with E-state index in [-0.39, 0.29) is 25.2 Å². The van der Waals surface area contributed by atoms with Gasteiger partial charge in [-0.3, -0.25) is 4.79 Å². The first-order valence-electron chi connectivity index (χ1n) is 7.84. The van der Waals surface area contributed by atoms with Crippen molar-refractivity contribution in [1.29, 1.82) is 0 Å². The number of carboxylic acid groups (broad SMARTS) is 1. The first-order chi connectivity index (χ1) is 12.1. The second-order valence-corrected chi connectivity index (χ2v) is 5.42. The molecule has 0 bridgehead atoms. The predicted molar refractivity (Wildman–Crippen MR) is 91.2 cm³/mol. The van der Waals surface area contributed by atoms with Crippen molar-refractivity contribution in [3.8, 4) is 0 Å². The van der Waals surface area contributed by atoms with Gasteiger partial charge in [0.05, 0.1) is 0 Å². The SMILES string of the molecule is O=C(NC(CCC(=O)c1ccccc1)C(=O)O)OCc1ccccc1. The summed E-state index contributed by atoms with van der Waals surface area (Å²) >= 11 is 0. The molecule has 0 fully saturated rings. The number of carbonyl (C=O) groups excluding carboxylic acids is 2. The molecule has 25 heavy (non-hydrogen) atoms. The zero-order valence-electron chi connectivity index (χ0n) is 13.6. The molecule has 0 saturated carbocycles. The summed E-state index contributed by atoms with van der Waals surface area (Å²) in [5.74, 6) is -1.39. The van der Waals surface area contributed by atoms with Crippen LogP contribution in [-0.4, -0.2) is 29.0 Å². The van der Waals surface area contributed by atoms with Crippen molar-refractivity contribution in [3.63, 3.8) is 0 Å². The average molecular weight is 341 g/mol. The molecule has 0 aliphatic carbocycles. The number of hydrogen-bond acceptors (Lipinski definition) is 4. The van der Waals surface area contributed by atoms with Gasteiger partial charge in [-0.25, -0.2) is 9.59 Å². The van der Waals surface area contributed by atoms with E-state index in [1.165, 1.54) is 0 Å². The molecule has 2 aromatic rings. The molecule has 1 amide bonds. The van der Waals surface area contributed by atoms with Crippen LogP contribution in [0.5, 0.6) is 0 Å². The number of hydrogen-bond donors (Lipinski definition) is 2. The molecule has 0 saturated heterocycles. The number of ether oxygens (including phenoxy) is 1. The lowest BCUT2D eigenvalue weighted by atomic mass is 10.0. The monoisotopic (exact) mass is 341 g/mol. The minimum Gasteiger partial charge on any atom is -0.480 e. The fourth-order valence-corrected chi connectivity index (χ4v) is 2.21. The summed E-state index contributed by atoms with van der Waals surface area (Å²) < 4.78 is 5.00. The van der Waals surface area contributed by atoms with Gasteiger partial charge in [-0.2, -0.15) is 0 Å². The molecule has 130 valence electrons. The number of benzene rings is 2.